The summed E-state index contributed by atoms with van der Waals surface area (Å²) in [5.74, 6) is 0.497. The van der Waals surface area contributed by atoms with E-state index in [0.717, 1.165) is 5.70 Å². The Morgan fingerprint density at radius 2 is 2.24 bits per heavy atom. The van der Waals surface area contributed by atoms with Crippen LogP contribution >= 0.6 is 0 Å². The molecule has 1 aromatic heterocycles. The Balaban J connectivity index is 2.56. The molecule has 17 heavy (non-hydrogen) atoms. The van der Waals surface area contributed by atoms with E-state index in [1.165, 1.54) is 0 Å². The fourth-order valence-electron chi connectivity index (χ4n) is 1.07. The Morgan fingerprint density at radius 3 is 2.76 bits per heavy atom. The van der Waals surface area contributed by atoms with Gasteiger partial charge in [-0.15, -0.1) is 0 Å². The van der Waals surface area contributed by atoms with Crippen LogP contribution in [0.15, 0.2) is 41.3 Å². The lowest BCUT2D eigenvalue weighted by Gasteiger charge is -2.04. The van der Waals surface area contributed by atoms with Crippen LogP contribution in [0.1, 0.15) is 12.5 Å². The van der Waals surface area contributed by atoms with Crippen molar-refractivity contribution >= 4 is 12.7 Å². The summed E-state index contributed by atoms with van der Waals surface area (Å²) in [7, 11) is 0. The summed E-state index contributed by atoms with van der Waals surface area (Å²) in [5.41, 5.74) is 1.49. The second kappa shape index (κ2) is 7.29. The first-order valence-corrected chi connectivity index (χ1v) is 5.24. The van der Waals surface area contributed by atoms with Crippen molar-refractivity contribution in [2.45, 2.75) is 13.5 Å². The highest BCUT2D eigenvalue weighted by Gasteiger charge is 1.97. The highest BCUT2D eigenvalue weighted by atomic mass is 16.3. The van der Waals surface area contributed by atoms with Crippen molar-refractivity contribution in [1.82, 2.24) is 9.97 Å². The minimum Gasteiger partial charge on any atom is -0.392 e. The predicted molar refractivity (Wildman–Crippen MR) is 68.9 cm³/mol. The van der Waals surface area contributed by atoms with Gasteiger partial charge in [0.2, 0.25) is 5.95 Å². The molecule has 1 rings (SSSR count). The Bertz CT molecular complexity index is 409. The zero-order valence-electron chi connectivity index (χ0n) is 9.80. The molecule has 0 aliphatic rings. The number of anilines is 1. The summed E-state index contributed by atoms with van der Waals surface area (Å²) in [6.45, 7) is 5.87. The molecule has 2 N–H and O–H groups in total. The number of aromatic nitrogens is 2. The van der Waals surface area contributed by atoms with E-state index >= 15 is 0 Å². The van der Waals surface area contributed by atoms with Gasteiger partial charge in [0, 0.05) is 18.0 Å². The molecule has 5 nitrogen and oxygen atoms in total. The molecular weight excluding hydrogens is 216 g/mol. The molecule has 0 saturated carbocycles. The molecule has 0 amide bonds. The van der Waals surface area contributed by atoms with Crippen molar-refractivity contribution in [2.24, 2.45) is 4.99 Å². The molecule has 1 aromatic rings. The maximum absolute atomic E-state index is 8.84. The Morgan fingerprint density at radius 1 is 1.53 bits per heavy atom. The summed E-state index contributed by atoms with van der Waals surface area (Å²) in [4.78, 5) is 12.0. The van der Waals surface area contributed by atoms with Crippen molar-refractivity contribution in [3.63, 3.8) is 0 Å². The average molecular weight is 232 g/mol. The summed E-state index contributed by atoms with van der Waals surface area (Å²) in [5, 5.41) is 11.9. The molecule has 1 heterocycles. The van der Waals surface area contributed by atoms with E-state index in [1.807, 2.05) is 25.2 Å². The number of nitrogens with zero attached hydrogens (tertiary/aromatic N) is 3. The molecule has 0 atom stereocenters. The molecule has 0 aliphatic carbocycles. The SMILES string of the molecule is C=N/C(=C\C=C/C)CNc1ncc(CO)cn1. The number of aliphatic imine (C=N–C) groups is 1. The quantitative estimate of drug-likeness (QED) is 0.576. The first kappa shape index (κ1) is 13.1. The van der Waals surface area contributed by atoms with Crippen LogP contribution in [0.2, 0.25) is 0 Å². The van der Waals surface area contributed by atoms with Gasteiger partial charge in [-0.05, 0) is 19.7 Å². The number of hydrogen-bond acceptors (Lipinski definition) is 5. The number of allylic oxidation sites excluding steroid dienone is 3. The van der Waals surface area contributed by atoms with E-state index in [2.05, 4.69) is 27.0 Å². The Labute approximate surface area is 101 Å². The zero-order valence-corrected chi connectivity index (χ0v) is 9.80. The minimum absolute atomic E-state index is 0.0546. The van der Waals surface area contributed by atoms with Crippen LogP contribution in [0.5, 0.6) is 0 Å². The van der Waals surface area contributed by atoms with E-state index < -0.39 is 0 Å². The molecule has 0 radical (unpaired) electrons. The van der Waals surface area contributed by atoms with E-state index in [0.29, 0.717) is 18.1 Å². The van der Waals surface area contributed by atoms with Gasteiger partial charge in [-0.2, -0.15) is 0 Å². The van der Waals surface area contributed by atoms with Crippen LogP contribution in [-0.4, -0.2) is 28.3 Å². The van der Waals surface area contributed by atoms with Crippen LogP contribution in [0, 0.1) is 0 Å². The van der Waals surface area contributed by atoms with E-state index in [-0.39, 0.29) is 6.61 Å². The molecular formula is C12H16N4O. The third-order valence-corrected chi connectivity index (χ3v) is 2.00. The third kappa shape index (κ3) is 4.56. The van der Waals surface area contributed by atoms with Gasteiger partial charge in [0.1, 0.15) is 0 Å². The molecule has 0 aromatic carbocycles. The van der Waals surface area contributed by atoms with Gasteiger partial charge < -0.3 is 10.4 Å². The normalized spacial score (nSPS) is 11.8. The van der Waals surface area contributed by atoms with Crippen LogP contribution < -0.4 is 5.32 Å². The highest BCUT2D eigenvalue weighted by molar-refractivity contribution is 5.34. The summed E-state index contributed by atoms with van der Waals surface area (Å²) < 4.78 is 0. The fourth-order valence-corrected chi connectivity index (χ4v) is 1.07. The molecule has 0 aliphatic heterocycles. The fraction of sp³-hybridized carbons (Fsp3) is 0.250. The van der Waals surface area contributed by atoms with Crippen LogP contribution in [0.25, 0.3) is 0 Å². The number of aliphatic hydroxyl groups is 1. The lowest BCUT2D eigenvalue weighted by molar-refractivity contribution is 0.281. The first-order valence-electron chi connectivity index (χ1n) is 5.24. The lowest BCUT2D eigenvalue weighted by atomic mass is 10.3. The van der Waals surface area contributed by atoms with Crippen LogP contribution in [-0.2, 0) is 6.61 Å². The first-order chi connectivity index (χ1) is 8.30. The van der Waals surface area contributed by atoms with E-state index in [4.69, 9.17) is 5.11 Å². The standard InChI is InChI=1S/C12H16N4O/c1-3-4-5-11(13-2)8-16-12-14-6-10(9-17)7-15-12/h3-7,17H,2,8-9H2,1H3,(H,14,15,16)/b4-3-,11-5-. The Kier molecular flexibility index (Phi) is 5.60. The summed E-state index contributed by atoms with van der Waals surface area (Å²) in [6, 6.07) is 0. The monoisotopic (exact) mass is 232 g/mol. The van der Waals surface area contributed by atoms with Gasteiger partial charge in [-0.3, -0.25) is 4.99 Å². The van der Waals surface area contributed by atoms with Gasteiger partial charge in [-0.1, -0.05) is 12.2 Å². The Hall–Kier alpha value is -2.01. The number of aliphatic hydroxyl groups excluding tert-OH is 1. The lowest BCUT2D eigenvalue weighted by Crippen LogP contribution is -2.07. The molecule has 90 valence electrons. The van der Waals surface area contributed by atoms with Gasteiger partial charge in [0.15, 0.2) is 0 Å². The average Bonchev–Trinajstić information content (AvgIpc) is 2.39. The van der Waals surface area contributed by atoms with E-state index in [1.54, 1.807) is 12.4 Å². The number of rotatable bonds is 6. The molecule has 0 saturated heterocycles. The van der Waals surface area contributed by atoms with Crippen LogP contribution in [0.3, 0.4) is 0 Å². The van der Waals surface area contributed by atoms with Crippen molar-refractivity contribution in [1.29, 1.82) is 0 Å². The largest absolute Gasteiger partial charge is 0.392 e. The molecule has 0 fully saturated rings. The topological polar surface area (TPSA) is 70.4 Å². The predicted octanol–water partition coefficient (Wildman–Crippen LogP) is 1.54. The minimum atomic E-state index is -0.0546. The zero-order chi connectivity index (χ0) is 12.5. The van der Waals surface area contributed by atoms with E-state index in [9.17, 15) is 0 Å². The second-order valence-electron chi connectivity index (χ2n) is 3.27. The van der Waals surface area contributed by atoms with Gasteiger partial charge in [-0.25, -0.2) is 9.97 Å². The maximum Gasteiger partial charge on any atom is 0.222 e. The summed E-state index contributed by atoms with van der Waals surface area (Å²) >= 11 is 0. The van der Waals surface area contributed by atoms with Crippen LogP contribution in [0.4, 0.5) is 5.95 Å². The molecule has 5 heteroatoms. The number of nitrogens with one attached hydrogen (secondary N) is 1. The third-order valence-electron chi connectivity index (χ3n) is 2.00. The van der Waals surface area contributed by atoms with Crippen molar-refractivity contribution in [3.8, 4) is 0 Å². The molecule has 0 spiro atoms. The molecule has 0 unspecified atom stereocenters. The van der Waals surface area contributed by atoms with Crippen molar-refractivity contribution < 1.29 is 5.11 Å². The molecule has 0 bridgehead atoms. The van der Waals surface area contributed by atoms with Gasteiger partial charge in [0.05, 0.1) is 18.8 Å². The highest BCUT2D eigenvalue weighted by Crippen LogP contribution is 2.02. The smallest absolute Gasteiger partial charge is 0.222 e. The van der Waals surface area contributed by atoms with Crippen molar-refractivity contribution in [3.05, 3.63) is 41.9 Å². The number of hydrogen-bond donors (Lipinski definition) is 2. The summed E-state index contributed by atoms with van der Waals surface area (Å²) in [6.07, 6.45) is 8.82. The second-order valence-corrected chi connectivity index (χ2v) is 3.27. The van der Waals surface area contributed by atoms with Gasteiger partial charge in [0.25, 0.3) is 0 Å². The maximum atomic E-state index is 8.84. The van der Waals surface area contributed by atoms with Gasteiger partial charge >= 0.3 is 0 Å². The van der Waals surface area contributed by atoms with Crippen molar-refractivity contribution in [2.75, 3.05) is 11.9 Å².